The number of amides is 1. The Balaban J connectivity index is 1.72. The van der Waals surface area contributed by atoms with Crippen LogP contribution in [0.1, 0.15) is 111 Å². The van der Waals surface area contributed by atoms with Gasteiger partial charge in [0.2, 0.25) is 16.6 Å². The summed E-state index contributed by atoms with van der Waals surface area (Å²) in [4.78, 5) is 12.5. The molecule has 0 saturated heterocycles. The van der Waals surface area contributed by atoms with E-state index >= 15 is 0 Å². The Kier molecular flexibility index (Phi) is 9.77. The van der Waals surface area contributed by atoms with Gasteiger partial charge in [-0.15, -0.1) is 0 Å². The maximum absolute atomic E-state index is 12.5. The Morgan fingerprint density at radius 2 is 1.34 bits per heavy atom. The number of hydrogen-bond donors (Lipinski definition) is 1. The molecule has 1 N–H and O–H groups in total. The summed E-state index contributed by atoms with van der Waals surface area (Å²) in [6, 6.07) is 6.84. The molecule has 5 nitrogen and oxygen atoms in total. The van der Waals surface area contributed by atoms with E-state index in [4.69, 9.17) is 13.6 Å². The van der Waals surface area contributed by atoms with E-state index in [1.165, 1.54) is 24.8 Å². The summed E-state index contributed by atoms with van der Waals surface area (Å²) >= 11 is 0. The predicted octanol–water partition coefficient (Wildman–Crippen LogP) is 9.54. The van der Waals surface area contributed by atoms with Crippen molar-refractivity contribution in [3.8, 4) is 11.5 Å². The molecule has 0 radical (unpaired) electrons. The number of hydrogen-bond acceptors (Lipinski definition) is 4. The van der Waals surface area contributed by atoms with Crippen molar-refractivity contribution in [1.82, 2.24) is 5.32 Å². The summed E-state index contributed by atoms with van der Waals surface area (Å²) < 4.78 is 19.5. The second kappa shape index (κ2) is 12.0. The lowest BCUT2D eigenvalue weighted by atomic mass is 9.82. The second-order valence-electron chi connectivity index (χ2n) is 14.8. The van der Waals surface area contributed by atoms with Crippen LogP contribution in [0.5, 0.6) is 11.5 Å². The molecule has 0 aliphatic heterocycles. The van der Waals surface area contributed by atoms with E-state index in [1.807, 2.05) is 0 Å². The van der Waals surface area contributed by atoms with E-state index in [0.29, 0.717) is 5.92 Å². The van der Waals surface area contributed by atoms with Gasteiger partial charge in [-0.1, -0.05) is 66.9 Å². The molecule has 0 spiro atoms. The van der Waals surface area contributed by atoms with Crippen LogP contribution in [0.25, 0.3) is 0 Å². The number of benzene rings is 1. The maximum Gasteiger partial charge on any atom is 0.407 e. The highest BCUT2D eigenvalue weighted by Gasteiger charge is 2.41. The minimum absolute atomic E-state index is 0.000733. The first-order valence-electron chi connectivity index (χ1n) is 15.0. The third kappa shape index (κ3) is 8.03. The summed E-state index contributed by atoms with van der Waals surface area (Å²) in [6.45, 7) is 22.9. The summed E-state index contributed by atoms with van der Waals surface area (Å²) in [5, 5.41) is 3.35. The zero-order valence-electron chi connectivity index (χ0n) is 26.0. The molecule has 2 fully saturated rings. The number of ether oxygens (including phenoxy) is 1. The van der Waals surface area contributed by atoms with Gasteiger partial charge in [0, 0.05) is 12.1 Å². The summed E-state index contributed by atoms with van der Waals surface area (Å²) in [6.07, 6.45) is 9.40. The van der Waals surface area contributed by atoms with Gasteiger partial charge < -0.3 is 18.9 Å². The smallest absolute Gasteiger partial charge is 0.407 e. The lowest BCUT2D eigenvalue weighted by Crippen LogP contribution is -2.44. The van der Waals surface area contributed by atoms with E-state index in [2.05, 4.69) is 91.2 Å². The van der Waals surface area contributed by atoms with Crippen molar-refractivity contribution in [2.45, 2.75) is 154 Å². The predicted molar refractivity (Wildman–Crippen MR) is 164 cm³/mol. The highest BCUT2D eigenvalue weighted by molar-refractivity contribution is 6.75. The Bertz CT molecular complexity index is 934. The van der Waals surface area contributed by atoms with Crippen LogP contribution in [0, 0.1) is 0 Å². The fourth-order valence-electron chi connectivity index (χ4n) is 4.97. The molecule has 7 heteroatoms. The van der Waals surface area contributed by atoms with Crippen LogP contribution in [0.15, 0.2) is 18.2 Å². The summed E-state index contributed by atoms with van der Waals surface area (Å²) in [5.41, 5.74) is 1.28. The first-order valence-corrected chi connectivity index (χ1v) is 20.8. The summed E-state index contributed by atoms with van der Waals surface area (Å²) in [5.74, 6) is 2.32. The molecule has 216 valence electrons. The fraction of sp³-hybridized carbons (Fsp3) is 0.774. The monoisotopic (exact) mass is 561 g/mol. The van der Waals surface area contributed by atoms with Gasteiger partial charge in [-0.25, -0.2) is 4.79 Å². The molecule has 0 heterocycles. The Morgan fingerprint density at radius 3 is 1.89 bits per heavy atom. The number of rotatable bonds is 7. The van der Waals surface area contributed by atoms with Crippen molar-refractivity contribution in [3.05, 3.63) is 23.8 Å². The van der Waals surface area contributed by atoms with E-state index in [-0.39, 0.29) is 28.3 Å². The van der Waals surface area contributed by atoms with Crippen LogP contribution in [-0.4, -0.2) is 34.9 Å². The molecule has 1 aromatic carbocycles. The van der Waals surface area contributed by atoms with Crippen LogP contribution < -0.4 is 14.2 Å². The van der Waals surface area contributed by atoms with E-state index in [9.17, 15) is 4.79 Å². The maximum atomic E-state index is 12.5. The van der Waals surface area contributed by atoms with Gasteiger partial charge in [-0.3, -0.25) is 0 Å². The van der Waals surface area contributed by atoms with Gasteiger partial charge >= 0.3 is 6.09 Å². The molecule has 0 aromatic heterocycles. The van der Waals surface area contributed by atoms with Crippen LogP contribution in [0.3, 0.4) is 0 Å². The normalized spacial score (nSPS) is 22.1. The van der Waals surface area contributed by atoms with Crippen molar-refractivity contribution < 1.29 is 18.4 Å². The van der Waals surface area contributed by atoms with Crippen molar-refractivity contribution in [2.24, 2.45) is 0 Å². The molecule has 0 unspecified atom stereocenters. The van der Waals surface area contributed by atoms with Gasteiger partial charge in [0.25, 0.3) is 0 Å². The molecular formula is C31H55NO4Si2. The lowest BCUT2D eigenvalue weighted by molar-refractivity contribution is 0.0677. The first-order chi connectivity index (χ1) is 17.5. The third-order valence-corrected chi connectivity index (χ3v) is 18.4. The lowest BCUT2D eigenvalue weighted by Gasteiger charge is -2.39. The topological polar surface area (TPSA) is 56.8 Å². The van der Waals surface area contributed by atoms with Gasteiger partial charge in [0.15, 0.2) is 0 Å². The zero-order valence-corrected chi connectivity index (χ0v) is 28.0. The minimum atomic E-state index is -2.04. The molecule has 2 aliphatic carbocycles. The molecule has 38 heavy (non-hydrogen) atoms. The molecular weight excluding hydrogens is 507 g/mol. The average molecular weight is 562 g/mol. The van der Waals surface area contributed by atoms with Crippen molar-refractivity contribution in [2.75, 3.05) is 0 Å². The second-order valence-corrected chi connectivity index (χ2v) is 24.2. The molecule has 3 rings (SSSR count). The quantitative estimate of drug-likeness (QED) is 0.337. The van der Waals surface area contributed by atoms with E-state index in [1.54, 1.807) is 0 Å². The number of alkyl carbamates (subject to hydrolysis) is 1. The van der Waals surface area contributed by atoms with Crippen molar-refractivity contribution >= 4 is 22.7 Å². The Labute approximate surface area is 235 Å². The molecule has 0 atom stereocenters. The molecule has 2 saturated carbocycles. The van der Waals surface area contributed by atoms with Gasteiger partial charge in [0.1, 0.15) is 17.6 Å². The molecule has 2 aliphatic rings. The van der Waals surface area contributed by atoms with Crippen LogP contribution in [0.4, 0.5) is 4.79 Å². The fourth-order valence-corrected chi connectivity index (χ4v) is 7.03. The van der Waals surface area contributed by atoms with Crippen molar-refractivity contribution in [1.29, 1.82) is 0 Å². The highest BCUT2D eigenvalue weighted by Crippen LogP contribution is 2.45. The zero-order chi connectivity index (χ0) is 28.4. The number of carbonyl (C=O) groups excluding carboxylic acids is 1. The Hall–Kier alpha value is -1.48. The van der Waals surface area contributed by atoms with Gasteiger partial charge in [-0.05, 0) is 92.3 Å². The van der Waals surface area contributed by atoms with Crippen LogP contribution >= 0.6 is 0 Å². The average Bonchev–Trinajstić information content (AvgIpc) is 2.78. The standard InChI is InChI=1S/C31H55NO4Si2/c1-30(2,3)37(7,8)35-26-20-21-27(28(22-26)36-38(9,10)31(4,5)6)23-16-18-25(19-17-23)34-29(33)32-24-14-12-11-13-15-24/h20-25H,11-19H2,1-10H3,(H,32,33)/t23-,25-. The minimum Gasteiger partial charge on any atom is -0.543 e. The Morgan fingerprint density at radius 1 is 0.789 bits per heavy atom. The van der Waals surface area contributed by atoms with Gasteiger partial charge in [0.05, 0.1) is 0 Å². The number of carbonyl (C=O) groups is 1. The highest BCUT2D eigenvalue weighted by atomic mass is 28.4. The number of nitrogens with one attached hydrogen (secondary N) is 1. The van der Waals surface area contributed by atoms with Crippen molar-refractivity contribution in [3.63, 3.8) is 0 Å². The molecule has 0 bridgehead atoms. The van der Waals surface area contributed by atoms with E-state index < -0.39 is 16.6 Å². The van der Waals surface area contributed by atoms with Crippen LogP contribution in [-0.2, 0) is 4.74 Å². The summed E-state index contributed by atoms with van der Waals surface area (Å²) in [7, 11) is -4.00. The first kappa shape index (κ1) is 31.1. The van der Waals surface area contributed by atoms with E-state index in [0.717, 1.165) is 50.0 Å². The van der Waals surface area contributed by atoms with Gasteiger partial charge in [-0.2, -0.15) is 0 Å². The molecule has 1 aromatic rings. The SMILES string of the molecule is CC(C)(C)[Si](C)(C)Oc1ccc([C@H]2CC[C@H](OC(=O)NC3CCCCC3)CC2)c(O[Si](C)(C)C(C)(C)C)c1. The largest absolute Gasteiger partial charge is 0.543 e. The third-order valence-electron chi connectivity index (χ3n) is 9.65. The molecule has 1 amide bonds. The van der Waals surface area contributed by atoms with Crippen LogP contribution in [0.2, 0.25) is 36.3 Å².